The van der Waals surface area contributed by atoms with Crippen LogP contribution in [0.1, 0.15) is 32.6 Å². The van der Waals surface area contributed by atoms with E-state index in [1.165, 1.54) is 12.8 Å². The van der Waals surface area contributed by atoms with Gasteiger partial charge in [0.1, 0.15) is 11.9 Å². The molecule has 1 fully saturated rings. The minimum absolute atomic E-state index is 0.246. The summed E-state index contributed by atoms with van der Waals surface area (Å²) in [6.07, 6.45) is 10.2. The summed E-state index contributed by atoms with van der Waals surface area (Å²) in [5.41, 5.74) is 6.51. The Morgan fingerprint density at radius 2 is 2.11 bits per heavy atom. The molecule has 2 aromatic heterocycles. The number of nitrogens with zero attached hydrogens (tertiary/aromatic N) is 3. The third-order valence-electron chi connectivity index (χ3n) is 3.60. The highest BCUT2D eigenvalue weighted by Gasteiger charge is 2.21. The zero-order valence-corrected chi connectivity index (χ0v) is 10.5. The first-order valence-corrected chi connectivity index (χ1v) is 6.48. The fourth-order valence-corrected chi connectivity index (χ4v) is 2.51. The van der Waals surface area contributed by atoms with Gasteiger partial charge in [-0.25, -0.2) is 4.98 Å². The Kier molecular flexibility index (Phi) is 2.81. The summed E-state index contributed by atoms with van der Waals surface area (Å²) < 4.78 is 7.83. The molecule has 0 unspecified atom stereocenters. The van der Waals surface area contributed by atoms with E-state index in [2.05, 4.69) is 16.9 Å². The van der Waals surface area contributed by atoms with Crippen LogP contribution in [-0.4, -0.2) is 20.5 Å². The van der Waals surface area contributed by atoms with Gasteiger partial charge in [0.05, 0.1) is 6.20 Å². The number of rotatable bonds is 2. The molecule has 3 rings (SSSR count). The van der Waals surface area contributed by atoms with Gasteiger partial charge in [-0.2, -0.15) is 4.98 Å². The maximum Gasteiger partial charge on any atom is 0.260 e. The molecule has 0 atom stereocenters. The molecule has 0 aromatic carbocycles. The summed E-state index contributed by atoms with van der Waals surface area (Å²) in [6.45, 7) is 2.29. The molecule has 0 spiro atoms. The van der Waals surface area contributed by atoms with Gasteiger partial charge in [-0.1, -0.05) is 6.92 Å². The first-order valence-electron chi connectivity index (χ1n) is 6.48. The zero-order valence-electron chi connectivity index (χ0n) is 10.5. The van der Waals surface area contributed by atoms with E-state index in [1.807, 2.05) is 10.6 Å². The number of ether oxygens (including phenoxy) is 1. The highest BCUT2D eigenvalue weighted by atomic mass is 16.5. The van der Waals surface area contributed by atoms with Gasteiger partial charge in [-0.05, 0) is 31.6 Å². The minimum atomic E-state index is 0.246. The largest absolute Gasteiger partial charge is 0.472 e. The summed E-state index contributed by atoms with van der Waals surface area (Å²) in [6, 6.07) is 0. The number of hydrogen-bond donors (Lipinski definition) is 1. The Morgan fingerprint density at radius 3 is 2.89 bits per heavy atom. The van der Waals surface area contributed by atoms with Gasteiger partial charge in [0.25, 0.3) is 5.88 Å². The number of hydrogen-bond acceptors (Lipinski definition) is 4. The molecule has 1 aliphatic rings. The lowest BCUT2D eigenvalue weighted by molar-refractivity contribution is 0.131. The van der Waals surface area contributed by atoms with E-state index in [4.69, 9.17) is 10.5 Å². The lowest BCUT2D eigenvalue weighted by Gasteiger charge is -2.26. The van der Waals surface area contributed by atoms with Crippen molar-refractivity contribution in [3.63, 3.8) is 0 Å². The number of nitrogen functional groups attached to an aromatic ring is 1. The molecule has 5 heteroatoms. The van der Waals surface area contributed by atoms with Crippen molar-refractivity contribution in [1.82, 2.24) is 14.4 Å². The van der Waals surface area contributed by atoms with Crippen LogP contribution in [0.4, 0.5) is 5.82 Å². The van der Waals surface area contributed by atoms with Crippen LogP contribution >= 0.6 is 0 Å². The van der Waals surface area contributed by atoms with Gasteiger partial charge in [0.15, 0.2) is 0 Å². The van der Waals surface area contributed by atoms with Crippen molar-refractivity contribution in [3.05, 3.63) is 18.6 Å². The second kappa shape index (κ2) is 4.48. The third kappa shape index (κ3) is 2.12. The van der Waals surface area contributed by atoms with E-state index in [-0.39, 0.29) is 6.10 Å². The average Bonchev–Trinajstić information content (AvgIpc) is 2.80. The van der Waals surface area contributed by atoms with Gasteiger partial charge in [-0.15, -0.1) is 0 Å². The van der Waals surface area contributed by atoms with E-state index < -0.39 is 0 Å². The van der Waals surface area contributed by atoms with Crippen molar-refractivity contribution in [2.75, 3.05) is 5.73 Å². The molecule has 5 nitrogen and oxygen atoms in total. The van der Waals surface area contributed by atoms with Crippen molar-refractivity contribution >= 4 is 11.5 Å². The van der Waals surface area contributed by atoms with Crippen LogP contribution in [0.3, 0.4) is 0 Å². The maximum atomic E-state index is 5.98. The predicted molar refractivity (Wildman–Crippen MR) is 69.4 cm³/mol. The first-order chi connectivity index (χ1) is 8.72. The molecule has 2 aromatic rings. The maximum absolute atomic E-state index is 5.98. The molecule has 0 radical (unpaired) electrons. The van der Waals surface area contributed by atoms with Gasteiger partial charge in [-0.3, -0.25) is 4.40 Å². The fraction of sp³-hybridized carbons (Fsp3) is 0.538. The van der Waals surface area contributed by atoms with Gasteiger partial charge < -0.3 is 10.5 Å². The molecule has 96 valence electrons. The Hall–Kier alpha value is -1.78. The molecule has 0 bridgehead atoms. The van der Waals surface area contributed by atoms with Crippen molar-refractivity contribution < 1.29 is 4.74 Å². The van der Waals surface area contributed by atoms with Crippen LogP contribution in [-0.2, 0) is 0 Å². The molecular weight excluding hydrogens is 228 g/mol. The van der Waals surface area contributed by atoms with Crippen molar-refractivity contribution in [1.29, 1.82) is 0 Å². The highest BCUT2D eigenvalue weighted by molar-refractivity contribution is 5.52. The first kappa shape index (κ1) is 11.3. The van der Waals surface area contributed by atoms with Gasteiger partial charge in [0, 0.05) is 12.4 Å². The van der Waals surface area contributed by atoms with Gasteiger partial charge >= 0.3 is 0 Å². The van der Waals surface area contributed by atoms with Crippen LogP contribution in [0.25, 0.3) is 5.65 Å². The van der Waals surface area contributed by atoms with Crippen molar-refractivity contribution in [3.8, 4) is 5.88 Å². The number of imidazole rings is 1. The second-order valence-electron chi connectivity index (χ2n) is 5.13. The molecule has 2 heterocycles. The lowest BCUT2D eigenvalue weighted by atomic mass is 9.89. The third-order valence-corrected chi connectivity index (χ3v) is 3.60. The summed E-state index contributed by atoms with van der Waals surface area (Å²) >= 11 is 0. The van der Waals surface area contributed by atoms with E-state index in [0.717, 1.165) is 24.4 Å². The Balaban J connectivity index is 1.83. The molecule has 18 heavy (non-hydrogen) atoms. The number of aromatic nitrogens is 3. The fourth-order valence-electron chi connectivity index (χ4n) is 2.51. The summed E-state index contributed by atoms with van der Waals surface area (Å²) in [4.78, 5) is 8.52. The molecule has 0 amide bonds. The minimum Gasteiger partial charge on any atom is -0.472 e. The smallest absolute Gasteiger partial charge is 0.260 e. The van der Waals surface area contributed by atoms with Crippen LogP contribution in [0.15, 0.2) is 18.6 Å². The predicted octanol–water partition coefficient (Wildman–Crippen LogP) is 2.27. The zero-order chi connectivity index (χ0) is 12.5. The molecule has 2 N–H and O–H groups in total. The van der Waals surface area contributed by atoms with E-state index in [9.17, 15) is 0 Å². The molecule has 0 aliphatic heterocycles. The van der Waals surface area contributed by atoms with E-state index in [1.54, 1.807) is 12.4 Å². The summed E-state index contributed by atoms with van der Waals surface area (Å²) in [7, 11) is 0. The standard InChI is InChI=1S/C13H18N4O/c1-9-2-4-10(5-3-9)18-13-12-15-6-7-17(12)8-11(14)16-13/h6-10H,2-5,14H2,1H3. The summed E-state index contributed by atoms with van der Waals surface area (Å²) in [5.74, 6) is 1.82. The second-order valence-corrected chi connectivity index (χ2v) is 5.13. The van der Waals surface area contributed by atoms with Crippen molar-refractivity contribution in [2.45, 2.75) is 38.7 Å². The highest BCUT2D eigenvalue weighted by Crippen LogP contribution is 2.28. The van der Waals surface area contributed by atoms with Crippen LogP contribution in [0.5, 0.6) is 5.88 Å². The molecular formula is C13H18N4O. The Labute approximate surface area is 106 Å². The average molecular weight is 246 g/mol. The van der Waals surface area contributed by atoms with Crippen LogP contribution < -0.4 is 10.5 Å². The molecule has 0 saturated heterocycles. The SMILES string of the molecule is CC1CCC(Oc2nc(N)cn3ccnc23)CC1. The van der Waals surface area contributed by atoms with Crippen LogP contribution in [0, 0.1) is 5.92 Å². The Bertz CT molecular complexity index is 543. The lowest BCUT2D eigenvalue weighted by Crippen LogP contribution is -2.23. The summed E-state index contributed by atoms with van der Waals surface area (Å²) in [5, 5.41) is 0. The van der Waals surface area contributed by atoms with E-state index in [0.29, 0.717) is 11.7 Å². The monoisotopic (exact) mass is 246 g/mol. The van der Waals surface area contributed by atoms with Crippen LogP contribution in [0.2, 0.25) is 0 Å². The molecule has 1 saturated carbocycles. The quantitative estimate of drug-likeness (QED) is 0.882. The number of nitrogens with two attached hydrogens (primary N) is 1. The number of anilines is 1. The topological polar surface area (TPSA) is 65.4 Å². The van der Waals surface area contributed by atoms with E-state index >= 15 is 0 Å². The van der Waals surface area contributed by atoms with Gasteiger partial charge in [0.2, 0.25) is 5.65 Å². The Morgan fingerprint density at radius 1 is 1.33 bits per heavy atom. The number of fused-ring (bicyclic) bond motifs is 1. The normalized spacial score (nSPS) is 24.3. The molecule has 1 aliphatic carbocycles. The van der Waals surface area contributed by atoms with Crippen molar-refractivity contribution in [2.24, 2.45) is 5.92 Å².